The maximum atomic E-state index is 10.5. The van der Waals surface area contributed by atoms with Gasteiger partial charge in [-0.1, -0.05) is 55.3 Å². The second-order valence-electron chi connectivity index (χ2n) is 8.24. The van der Waals surface area contributed by atoms with Crippen LogP contribution in [0.4, 0.5) is 5.88 Å². The number of nitrogens with zero attached hydrogens (tertiary/aromatic N) is 3. The van der Waals surface area contributed by atoms with Gasteiger partial charge in [0.2, 0.25) is 5.88 Å². The summed E-state index contributed by atoms with van der Waals surface area (Å²) in [5.74, 6) is 5.91. The molecule has 0 aliphatic carbocycles. The number of thioether (sulfide) groups is 1. The summed E-state index contributed by atoms with van der Waals surface area (Å²) in [5, 5.41) is 15.0. The molecule has 0 bridgehead atoms. The molecule has 1 aliphatic heterocycles. The number of ether oxygens (including phenoxy) is 1. The van der Waals surface area contributed by atoms with E-state index in [0.29, 0.717) is 19.0 Å². The van der Waals surface area contributed by atoms with Crippen molar-refractivity contribution < 1.29 is 14.4 Å². The van der Waals surface area contributed by atoms with Gasteiger partial charge in [0, 0.05) is 49.8 Å². The van der Waals surface area contributed by atoms with Crippen LogP contribution < -0.4 is 4.90 Å². The molecule has 2 heterocycles. The number of aromatic nitrogens is 1. The third-order valence-electron chi connectivity index (χ3n) is 5.08. The maximum absolute atomic E-state index is 10.5. The number of rotatable bonds is 11. The van der Waals surface area contributed by atoms with Gasteiger partial charge in [0.05, 0.1) is 18.3 Å². The van der Waals surface area contributed by atoms with Crippen LogP contribution in [-0.2, 0) is 11.3 Å². The second kappa shape index (κ2) is 12.2. The smallest absolute Gasteiger partial charge is 0.232 e. The van der Waals surface area contributed by atoms with Crippen LogP contribution in [-0.4, -0.2) is 72.2 Å². The summed E-state index contributed by atoms with van der Waals surface area (Å²) in [4.78, 5) is 4.56. The number of aliphatic hydroxyl groups is 1. The fraction of sp³-hybridized carbons (Fsp3) is 0.542. The van der Waals surface area contributed by atoms with Crippen LogP contribution >= 0.6 is 11.8 Å². The third-order valence-corrected chi connectivity index (χ3v) is 6.03. The summed E-state index contributed by atoms with van der Waals surface area (Å²) >= 11 is 1.97. The van der Waals surface area contributed by atoms with Crippen molar-refractivity contribution >= 4 is 17.6 Å². The van der Waals surface area contributed by atoms with Crippen molar-refractivity contribution in [3.05, 3.63) is 35.9 Å². The molecule has 0 radical (unpaired) electrons. The summed E-state index contributed by atoms with van der Waals surface area (Å²) in [6, 6.07) is 10.2. The largest absolute Gasteiger partial charge is 0.389 e. The zero-order valence-corrected chi connectivity index (χ0v) is 19.3. The van der Waals surface area contributed by atoms with E-state index in [1.807, 2.05) is 30.0 Å². The lowest BCUT2D eigenvalue weighted by Gasteiger charge is -2.29. The van der Waals surface area contributed by atoms with Crippen molar-refractivity contribution in [3.8, 4) is 23.6 Å². The summed E-state index contributed by atoms with van der Waals surface area (Å²) in [7, 11) is 0. The molecular weight excluding hydrogens is 410 g/mol. The van der Waals surface area contributed by atoms with E-state index in [1.165, 1.54) is 0 Å². The number of anilines is 1. The van der Waals surface area contributed by atoms with Crippen molar-refractivity contribution in [2.75, 3.05) is 55.8 Å². The maximum Gasteiger partial charge on any atom is 0.232 e. The lowest BCUT2D eigenvalue weighted by atomic mass is 10.1. The predicted octanol–water partition coefficient (Wildman–Crippen LogP) is 3.36. The number of benzene rings is 1. The minimum absolute atomic E-state index is 0.210. The Morgan fingerprint density at radius 3 is 2.68 bits per heavy atom. The lowest BCUT2D eigenvalue weighted by Crippen LogP contribution is -2.38. The van der Waals surface area contributed by atoms with Crippen LogP contribution in [0.1, 0.15) is 19.4 Å². The first-order valence-electron chi connectivity index (χ1n) is 10.9. The highest BCUT2D eigenvalue weighted by molar-refractivity contribution is 7.99. The van der Waals surface area contributed by atoms with Gasteiger partial charge in [-0.3, -0.25) is 4.90 Å². The molecule has 0 amide bonds. The Kier molecular flexibility index (Phi) is 9.29. The molecule has 1 atom stereocenters. The molecule has 1 saturated heterocycles. The van der Waals surface area contributed by atoms with Crippen LogP contribution in [0.3, 0.4) is 0 Å². The Hall–Kier alpha value is -1.98. The Balaban J connectivity index is 1.85. The van der Waals surface area contributed by atoms with Gasteiger partial charge in [-0.05, 0) is 5.92 Å². The minimum Gasteiger partial charge on any atom is -0.389 e. The molecule has 0 spiro atoms. The van der Waals surface area contributed by atoms with Crippen molar-refractivity contribution in [2.45, 2.75) is 26.5 Å². The minimum atomic E-state index is -0.609. The highest BCUT2D eigenvalue weighted by Gasteiger charge is 2.26. The monoisotopic (exact) mass is 443 g/mol. The number of aliphatic hydroxyl groups excluding tert-OH is 1. The summed E-state index contributed by atoms with van der Waals surface area (Å²) in [6.07, 6.45) is 4.63. The first-order chi connectivity index (χ1) is 15.1. The second-order valence-corrected chi connectivity index (χ2v) is 9.47. The Morgan fingerprint density at radius 1 is 1.26 bits per heavy atom. The Bertz CT molecular complexity index is 828. The lowest BCUT2D eigenvalue weighted by molar-refractivity contribution is 0.0238. The van der Waals surface area contributed by atoms with E-state index >= 15 is 0 Å². The molecule has 0 unspecified atom stereocenters. The first kappa shape index (κ1) is 23.7. The zero-order valence-electron chi connectivity index (χ0n) is 18.5. The van der Waals surface area contributed by atoms with Gasteiger partial charge in [0.25, 0.3) is 0 Å². The fourth-order valence-corrected chi connectivity index (χ4v) is 4.73. The van der Waals surface area contributed by atoms with Crippen LogP contribution in [0.25, 0.3) is 11.3 Å². The molecule has 31 heavy (non-hydrogen) atoms. The van der Waals surface area contributed by atoms with E-state index in [-0.39, 0.29) is 13.2 Å². The predicted molar refractivity (Wildman–Crippen MR) is 127 cm³/mol. The molecule has 0 saturated carbocycles. The average Bonchev–Trinajstić information content (AvgIpc) is 3.18. The normalized spacial score (nSPS) is 15.4. The number of hydrogen-bond donors (Lipinski definition) is 1. The molecule has 2 aromatic rings. The molecule has 3 rings (SSSR count). The van der Waals surface area contributed by atoms with Gasteiger partial charge in [0.15, 0.2) is 0 Å². The highest BCUT2D eigenvalue weighted by Crippen LogP contribution is 2.33. The number of terminal acetylenes is 1. The molecule has 6 nitrogen and oxygen atoms in total. The van der Waals surface area contributed by atoms with E-state index in [2.05, 4.69) is 46.9 Å². The topological polar surface area (TPSA) is 62.0 Å². The molecule has 1 N–H and O–H groups in total. The van der Waals surface area contributed by atoms with E-state index in [0.717, 1.165) is 53.8 Å². The van der Waals surface area contributed by atoms with Crippen molar-refractivity contribution in [2.24, 2.45) is 5.92 Å². The zero-order chi connectivity index (χ0) is 22.1. The third kappa shape index (κ3) is 7.01. The summed E-state index contributed by atoms with van der Waals surface area (Å²) < 4.78 is 11.3. The van der Waals surface area contributed by atoms with Crippen LogP contribution in [0.5, 0.6) is 0 Å². The van der Waals surface area contributed by atoms with E-state index < -0.39 is 6.10 Å². The van der Waals surface area contributed by atoms with Crippen LogP contribution in [0, 0.1) is 18.3 Å². The van der Waals surface area contributed by atoms with Crippen molar-refractivity contribution in [1.29, 1.82) is 0 Å². The molecule has 7 heteroatoms. The molecule has 1 fully saturated rings. The quantitative estimate of drug-likeness (QED) is 0.422. The van der Waals surface area contributed by atoms with E-state index in [9.17, 15) is 5.11 Å². The Morgan fingerprint density at radius 2 is 2.00 bits per heavy atom. The van der Waals surface area contributed by atoms with Gasteiger partial charge in [0.1, 0.15) is 12.3 Å². The van der Waals surface area contributed by atoms with Crippen LogP contribution in [0.15, 0.2) is 34.9 Å². The molecule has 1 aromatic heterocycles. The fourth-order valence-electron chi connectivity index (χ4n) is 3.83. The summed E-state index contributed by atoms with van der Waals surface area (Å²) in [6.45, 7) is 8.70. The highest BCUT2D eigenvalue weighted by atomic mass is 32.2. The average molecular weight is 444 g/mol. The molecule has 1 aromatic carbocycles. The Labute approximate surface area is 189 Å². The van der Waals surface area contributed by atoms with E-state index in [1.54, 1.807) is 0 Å². The SMILES string of the molecule is C#CCOC[C@@H](O)CN(Cc1c(-c2ccccc2)noc1N1CCSCC1)CC(C)C. The summed E-state index contributed by atoms with van der Waals surface area (Å²) in [5.41, 5.74) is 3.00. The van der Waals surface area contributed by atoms with Gasteiger partial charge in [-0.15, -0.1) is 6.42 Å². The van der Waals surface area contributed by atoms with Crippen LogP contribution in [0.2, 0.25) is 0 Å². The first-order valence-corrected chi connectivity index (χ1v) is 12.0. The molecule has 1 aliphatic rings. The standard InChI is InChI=1S/C24H33N3O3S/c1-4-12-29-18-21(28)16-26(15-19(2)3)17-22-23(20-8-6-5-7-9-20)25-30-24(22)27-10-13-31-14-11-27/h1,5-9,19,21,28H,10-18H2,2-3H3/t21-/m0/s1. The van der Waals surface area contributed by atoms with Crippen molar-refractivity contribution in [1.82, 2.24) is 10.1 Å². The van der Waals surface area contributed by atoms with E-state index in [4.69, 9.17) is 15.7 Å². The molecular formula is C24H33N3O3S. The van der Waals surface area contributed by atoms with Gasteiger partial charge in [-0.25, -0.2) is 0 Å². The molecule has 168 valence electrons. The van der Waals surface area contributed by atoms with Gasteiger partial charge >= 0.3 is 0 Å². The number of hydrogen-bond acceptors (Lipinski definition) is 7. The van der Waals surface area contributed by atoms with Crippen molar-refractivity contribution in [3.63, 3.8) is 0 Å². The van der Waals surface area contributed by atoms with Gasteiger partial charge in [-0.2, -0.15) is 11.8 Å². The van der Waals surface area contributed by atoms with Gasteiger partial charge < -0.3 is 19.3 Å².